The van der Waals surface area contributed by atoms with Crippen LogP contribution in [0.1, 0.15) is 42.9 Å². The minimum Gasteiger partial charge on any atom is -0.388 e. The predicted molar refractivity (Wildman–Crippen MR) is 89.0 cm³/mol. The van der Waals surface area contributed by atoms with Gasteiger partial charge in [0.05, 0.1) is 17.0 Å². The Kier molecular flexibility index (Phi) is 5.38. The van der Waals surface area contributed by atoms with Gasteiger partial charge in [0.2, 0.25) is 0 Å². The van der Waals surface area contributed by atoms with Gasteiger partial charge < -0.3 is 10.4 Å². The van der Waals surface area contributed by atoms with Crippen LogP contribution in [0.5, 0.6) is 0 Å². The molecule has 0 aliphatic heterocycles. The number of amides is 1. The average Bonchev–Trinajstić information content (AvgIpc) is 2.94. The van der Waals surface area contributed by atoms with Gasteiger partial charge in [0.15, 0.2) is 5.69 Å². The Morgan fingerprint density at radius 3 is 2.70 bits per heavy atom. The maximum absolute atomic E-state index is 12.3. The van der Waals surface area contributed by atoms with Crippen LogP contribution in [0.3, 0.4) is 0 Å². The fourth-order valence-electron chi connectivity index (χ4n) is 2.22. The Morgan fingerprint density at radius 1 is 1.39 bits per heavy atom. The van der Waals surface area contributed by atoms with Gasteiger partial charge in [0.25, 0.3) is 5.91 Å². The Morgan fingerprint density at radius 2 is 2.09 bits per heavy atom. The molecular formula is C16H21ClN4O2. The van der Waals surface area contributed by atoms with Crippen molar-refractivity contribution in [2.75, 3.05) is 6.54 Å². The molecular weight excluding hydrogens is 316 g/mol. The number of carbonyl (C=O) groups is 1. The number of aliphatic hydroxyl groups is 1. The fourth-order valence-corrected chi connectivity index (χ4v) is 2.41. The van der Waals surface area contributed by atoms with Crippen LogP contribution in [0.25, 0.3) is 5.69 Å². The third-order valence-corrected chi connectivity index (χ3v) is 4.29. The maximum Gasteiger partial charge on any atom is 0.273 e. The van der Waals surface area contributed by atoms with E-state index in [1.54, 1.807) is 29.8 Å². The standard InChI is InChI=1S/C16H21ClN4O2/c1-4-16(23,5-2)10-18-15(22)14-11(3)21(20-19-14)13-8-6-7-12(17)9-13/h6-9,23H,4-5,10H2,1-3H3,(H,18,22). The summed E-state index contributed by atoms with van der Waals surface area (Å²) in [5.74, 6) is -0.351. The van der Waals surface area contributed by atoms with Gasteiger partial charge in [-0.3, -0.25) is 4.79 Å². The summed E-state index contributed by atoms with van der Waals surface area (Å²) in [7, 11) is 0. The highest BCUT2D eigenvalue weighted by molar-refractivity contribution is 6.30. The van der Waals surface area contributed by atoms with E-state index in [1.165, 1.54) is 0 Å². The van der Waals surface area contributed by atoms with E-state index in [9.17, 15) is 9.90 Å². The van der Waals surface area contributed by atoms with Gasteiger partial charge >= 0.3 is 0 Å². The molecule has 2 aromatic rings. The first-order valence-corrected chi connectivity index (χ1v) is 7.97. The molecule has 0 unspecified atom stereocenters. The van der Waals surface area contributed by atoms with E-state index in [0.29, 0.717) is 23.6 Å². The number of rotatable bonds is 6. The van der Waals surface area contributed by atoms with E-state index >= 15 is 0 Å². The van der Waals surface area contributed by atoms with Crippen molar-refractivity contribution in [2.24, 2.45) is 0 Å². The molecule has 0 aliphatic rings. The first kappa shape index (κ1) is 17.4. The second-order valence-corrected chi connectivity index (χ2v) is 5.97. The van der Waals surface area contributed by atoms with Crippen LogP contribution < -0.4 is 5.32 Å². The fraction of sp³-hybridized carbons (Fsp3) is 0.438. The third kappa shape index (κ3) is 3.89. The van der Waals surface area contributed by atoms with E-state index in [0.717, 1.165) is 5.69 Å². The van der Waals surface area contributed by atoms with E-state index in [4.69, 9.17) is 11.6 Å². The van der Waals surface area contributed by atoms with Crippen LogP contribution in [0.15, 0.2) is 24.3 Å². The van der Waals surface area contributed by atoms with Gasteiger partial charge in [-0.15, -0.1) is 5.10 Å². The zero-order valence-electron chi connectivity index (χ0n) is 13.5. The third-order valence-electron chi connectivity index (χ3n) is 4.06. The van der Waals surface area contributed by atoms with Crippen molar-refractivity contribution >= 4 is 17.5 Å². The molecule has 1 aromatic carbocycles. The quantitative estimate of drug-likeness (QED) is 0.849. The topological polar surface area (TPSA) is 80.0 Å². The molecule has 2 N–H and O–H groups in total. The summed E-state index contributed by atoms with van der Waals surface area (Å²) in [6, 6.07) is 7.16. The summed E-state index contributed by atoms with van der Waals surface area (Å²) in [4.78, 5) is 12.3. The molecule has 7 heteroatoms. The molecule has 0 spiro atoms. The second-order valence-electron chi connectivity index (χ2n) is 5.53. The lowest BCUT2D eigenvalue weighted by atomic mass is 9.97. The van der Waals surface area contributed by atoms with E-state index in [-0.39, 0.29) is 18.1 Å². The molecule has 23 heavy (non-hydrogen) atoms. The van der Waals surface area contributed by atoms with Crippen molar-refractivity contribution in [3.05, 3.63) is 40.7 Å². The van der Waals surface area contributed by atoms with Crippen molar-refractivity contribution in [3.63, 3.8) is 0 Å². The second kappa shape index (κ2) is 7.10. The van der Waals surface area contributed by atoms with Crippen molar-refractivity contribution < 1.29 is 9.90 Å². The highest BCUT2D eigenvalue weighted by Crippen LogP contribution is 2.17. The predicted octanol–water partition coefficient (Wildman–Crippen LogP) is 2.51. The summed E-state index contributed by atoms with van der Waals surface area (Å²) in [6.45, 7) is 5.72. The Hall–Kier alpha value is -1.92. The maximum atomic E-state index is 12.3. The Balaban J connectivity index is 2.17. The minimum atomic E-state index is -0.896. The number of aromatic nitrogens is 3. The molecule has 124 valence electrons. The number of hydrogen-bond acceptors (Lipinski definition) is 4. The van der Waals surface area contributed by atoms with Crippen LogP contribution in [0, 0.1) is 6.92 Å². The van der Waals surface area contributed by atoms with Gasteiger partial charge in [-0.1, -0.05) is 36.7 Å². The van der Waals surface area contributed by atoms with E-state index in [2.05, 4.69) is 15.6 Å². The van der Waals surface area contributed by atoms with Gasteiger partial charge in [0.1, 0.15) is 0 Å². The number of carbonyl (C=O) groups excluding carboxylic acids is 1. The molecule has 0 saturated heterocycles. The smallest absolute Gasteiger partial charge is 0.273 e. The zero-order valence-corrected chi connectivity index (χ0v) is 14.3. The summed E-state index contributed by atoms with van der Waals surface area (Å²) >= 11 is 5.98. The minimum absolute atomic E-state index is 0.183. The number of nitrogens with zero attached hydrogens (tertiary/aromatic N) is 3. The summed E-state index contributed by atoms with van der Waals surface area (Å²) in [6.07, 6.45) is 1.13. The largest absolute Gasteiger partial charge is 0.388 e. The first-order chi connectivity index (χ1) is 10.9. The Bertz CT molecular complexity index is 695. The highest BCUT2D eigenvalue weighted by atomic mass is 35.5. The monoisotopic (exact) mass is 336 g/mol. The van der Waals surface area contributed by atoms with Crippen molar-refractivity contribution in [1.29, 1.82) is 0 Å². The highest BCUT2D eigenvalue weighted by Gasteiger charge is 2.25. The normalized spacial score (nSPS) is 11.5. The number of nitrogens with one attached hydrogen (secondary N) is 1. The lowest BCUT2D eigenvalue weighted by molar-refractivity contribution is 0.0313. The van der Waals surface area contributed by atoms with Gasteiger partial charge in [-0.05, 0) is 38.0 Å². The average molecular weight is 337 g/mol. The molecule has 0 fully saturated rings. The molecule has 6 nitrogen and oxygen atoms in total. The van der Waals surface area contributed by atoms with E-state index < -0.39 is 5.60 Å². The molecule has 0 bridgehead atoms. The van der Waals surface area contributed by atoms with Crippen molar-refractivity contribution in [1.82, 2.24) is 20.3 Å². The molecule has 1 amide bonds. The number of benzene rings is 1. The molecule has 0 saturated carbocycles. The SMILES string of the molecule is CCC(O)(CC)CNC(=O)c1nnn(-c2cccc(Cl)c2)c1C. The molecule has 1 aromatic heterocycles. The van der Waals surface area contributed by atoms with Gasteiger partial charge in [0, 0.05) is 11.6 Å². The molecule has 0 aliphatic carbocycles. The number of halogens is 1. The van der Waals surface area contributed by atoms with Crippen molar-refractivity contribution in [3.8, 4) is 5.69 Å². The van der Waals surface area contributed by atoms with Crippen LogP contribution >= 0.6 is 11.6 Å². The zero-order chi connectivity index (χ0) is 17.0. The Labute approximate surface area is 140 Å². The van der Waals surface area contributed by atoms with Gasteiger partial charge in [-0.2, -0.15) is 0 Å². The van der Waals surface area contributed by atoms with E-state index in [1.807, 2.05) is 19.9 Å². The van der Waals surface area contributed by atoms with Crippen LogP contribution in [0.2, 0.25) is 5.02 Å². The molecule has 0 radical (unpaired) electrons. The van der Waals surface area contributed by atoms with Crippen molar-refractivity contribution in [2.45, 2.75) is 39.2 Å². The first-order valence-electron chi connectivity index (χ1n) is 7.59. The van der Waals surface area contributed by atoms with Gasteiger partial charge in [-0.25, -0.2) is 4.68 Å². The summed E-state index contributed by atoms with van der Waals surface area (Å²) < 4.78 is 1.56. The lowest BCUT2D eigenvalue weighted by Gasteiger charge is -2.25. The van der Waals surface area contributed by atoms with Crippen LogP contribution in [0.4, 0.5) is 0 Å². The van der Waals surface area contributed by atoms with Crippen LogP contribution in [-0.4, -0.2) is 38.2 Å². The number of hydrogen-bond donors (Lipinski definition) is 2. The summed E-state index contributed by atoms with van der Waals surface area (Å²) in [5.41, 5.74) is 0.688. The summed E-state index contributed by atoms with van der Waals surface area (Å²) in [5, 5.41) is 21.5. The molecule has 1 heterocycles. The lowest BCUT2D eigenvalue weighted by Crippen LogP contribution is -2.42. The molecule has 0 atom stereocenters. The van der Waals surface area contributed by atoms with Crippen LogP contribution in [-0.2, 0) is 0 Å². The molecule has 2 rings (SSSR count).